The molecular weight excluding hydrogens is 122 g/mol. The van der Waals surface area contributed by atoms with E-state index in [0.717, 1.165) is 6.42 Å². The molecular formula is C6H12ClN. The molecule has 0 unspecified atom stereocenters. The number of hydrogen-bond acceptors (Lipinski definition) is 1. The quantitative estimate of drug-likeness (QED) is 0.459. The van der Waals surface area contributed by atoms with Crippen LogP contribution in [0.5, 0.6) is 0 Å². The van der Waals surface area contributed by atoms with Crippen molar-refractivity contribution >= 4 is 11.8 Å². The Labute approximate surface area is 55.8 Å². The third-order valence-electron chi connectivity index (χ3n) is 0.905. The monoisotopic (exact) mass is 133 g/mol. The van der Waals surface area contributed by atoms with Crippen molar-refractivity contribution in [2.45, 2.75) is 26.2 Å². The molecule has 0 aliphatic heterocycles. The summed E-state index contributed by atoms with van der Waals surface area (Å²) in [5.41, 5.74) is 0. The van der Waals surface area contributed by atoms with E-state index in [1.165, 1.54) is 12.8 Å². The van der Waals surface area contributed by atoms with Gasteiger partial charge in [-0.1, -0.05) is 25.8 Å². The van der Waals surface area contributed by atoms with Gasteiger partial charge in [0.2, 0.25) is 0 Å². The van der Waals surface area contributed by atoms with Crippen molar-refractivity contribution in [3.8, 4) is 0 Å². The average Bonchev–Trinajstić information content (AvgIpc) is 1.81. The van der Waals surface area contributed by atoms with Gasteiger partial charge < -0.3 is 4.84 Å². The van der Waals surface area contributed by atoms with Crippen LogP contribution in [0.2, 0.25) is 0 Å². The molecule has 8 heavy (non-hydrogen) atoms. The standard InChI is InChI=1S/C6H12ClN/c1-2-3-4-5-6-8-7/h5-6,8H,2-4H2,1H3. The third kappa shape index (κ3) is 5.83. The Hall–Kier alpha value is -0.170. The van der Waals surface area contributed by atoms with Crippen molar-refractivity contribution in [1.29, 1.82) is 0 Å². The van der Waals surface area contributed by atoms with E-state index in [1.54, 1.807) is 6.20 Å². The number of allylic oxidation sites excluding steroid dienone is 1. The van der Waals surface area contributed by atoms with E-state index >= 15 is 0 Å². The second-order valence-electron chi connectivity index (χ2n) is 1.65. The zero-order valence-electron chi connectivity index (χ0n) is 5.15. The maximum absolute atomic E-state index is 5.14. The Morgan fingerprint density at radius 3 is 2.88 bits per heavy atom. The highest BCUT2D eigenvalue weighted by molar-refractivity contribution is 6.14. The van der Waals surface area contributed by atoms with Crippen molar-refractivity contribution in [3.63, 3.8) is 0 Å². The highest BCUT2D eigenvalue weighted by Gasteiger charge is 1.74. The molecule has 0 bridgehead atoms. The minimum absolute atomic E-state index is 1.12. The van der Waals surface area contributed by atoms with Gasteiger partial charge in [-0.2, -0.15) is 0 Å². The molecule has 0 spiro atoms. The molecule has 1 N–H and O–H groups in total. The van der Waals surface area contributed by atoms with E-state index in [9.17, 15) is 0 Å². The van der Waals surface area contributed by atoms with Gasteiger partial charge in [-0.05, 0) is 6.42 Å². The predicted octanol–water partition coefficient (Wildman–Crippen LogP) is 2.43. The van der Waals surface area contributed by atoms with Gasteiger partial charge in [0.1, 0.15) is 0 Å². The second-order valence-corrected chi connectivity index (χ2v) is 1.87. The van der Waals surface area contributed by atoms with E-state index < -0.39 is 0 Å². The molecule has 0 rings (SSSR count). The Morgan fingerprint density at radius 1 is 1.62 bits per heavy atom. The lowest BCUT2D eigenvalue weighted by atomic mass is 10.2. The first kappa shape index (κ1) is 7.83. The zero-order valence-corrected chi connectivity index (χ0v) is 5.91. The molecule has 0 aromatic carbocycles. The molecule has 2 heteroatoms. The van der Waals surface area contributed by atoms with Crippen molar-refractivity contribution in [3.05, 3.63) is 12.3 Å². The van der Waals surface area contributed by atoms with Crippen molar-refractivity contribution in [2.75, 3.05) is 0 Å². The topological polar surface area (TPSA) is 12.0 Å². The summed E-state index contributed by atoms with van der Waals surface area (Å²) in [6, 6.07) is 0. The van der Waals surface area contributed by atoms with Crippen LogP contribution in [0.15, 0.2) is 12.3 Å². The summed E-state index contributed by atoms with van der Waals surface area (Å²) in [6.45, 7) is 2.17. The number of rotatable bonds is 4. The Balaban J connectivity index is 2.80. The maximum atomic E-state index is 5.14. The lowest BCUT2D eigenvalue weighted by Gasteiger charge is -1.85. The summed E-state index contributed by atoms with van der Waals surface area (Å²) in [4.78, 5) is 2.42. The summed E-state index contributed by atoms with van der Waals surface area (Å²) in [7, 11) is 0. The number of halogens is 1. The van der Waals surface area contributed by atoms with Gasteiger partial charge in [-0.3, -0.25) is 0 Å². The summed E-state index contributed by atoms with van der Waals surface area (Å²) in [5.74, 6) is 0. The Kier molecular flexibility index (Phi) is 6.68. The minimum Gasteiger partial charge on any atom is -0.306 e. The van der Waals surface area contributed by atoms with Crippen molar-refractivity contribution < 1.29 is 0 Å². The van der Waals surface area contributed by atoms with Gasteiger partial charge in [0.15, 0.2) is 0 Å². The predicted molar refractivity (Wildman–Crippen MR) is 37.7 cm³/mol. The molecule has 0 amide bonds. The highest BCUT2D eigenvalue weighted by Crippen LogP contribution is 1.93. The third-order valence-corrected chi connectivity index (χ3v) is 1.03. The highest BCUT2D eigenvalue weighted by atomic mass is 35.5. The second kappa shape index (κ2) is 6.83. The van der Waals surface area contributed by atoms with Crippen molar-refractivity contribution in [1.82, 2.24) is 4.84 Å². The van der Waals surface area contributed by atoms with Gasteiger partial charge in [0.05, 0.1) is 0 Å². The summed E-state index contributed by atoms with van der Waals surface area (Å²) >= 11 is 5.14. The lowest BCUT2D eigenvalue weighted by Crippen LogP contribution is -1.79. The van der Waals surface area contributed by atoms with E-state index in [0.29, 0.717) is 0 Å². The first-order valence-corrected chi connectivity index (χ1v) is 3.30. The maximum Gasteiger partial charge on any atom is 0.00941 e. The zero-order chi connectivity index (χ0) is 6.24. The lowest BCUT2D eigenvalue weighted by molar-refractivity contribution is 0.813. The molecule has 0 aromatic heterocycles. The molecule has 0 saturated heterocycles. The summed E-state index contributed by atoms with van der Waals surface area (Å²) in [5, 5.41) is 0. The van der Waals surface area contributed by atoms with Crippen LogP contribution in [-0.2, 0) is 0 Å². The van der Waals surface area contributed by atoms with Crippen LogP contribution in [0, 0.1) is 0 Å². The number of unbranched alkanes of at least 4 members (excludes halogenated alkanes) is 2. The first-order valence-electron chi connectivity index (χ1n) is 2.93. The SMILES string of the molecule is CCCCC=CNCl. The van der Waals surface area contributed by atoms with Gasteiger partial charge in [-0.25, -0.2) is 0 Å². The number of nitrogens with one attached hydrogen (secondary N) is 1. The van der Waals surface area contributed by atoms with E-state index in [-0.39, 0.29) is 0 Å². The largest absolute Gasteiger partial charge is 0.306 e. The van der Waals surface area contributed by atoms with Gasteiger partial charge in [0, 0.05) is 18.0 Å². The van der Waals surface area contributed by atoms with Crippen LogP contribution >= 0.6 is 11.8 Å². The Morgan fingerprint density at radius 2 is 2.38 bits per heavy atom. The molecule has 0 saturated carbocycles. The van der Waals surface area contributed by atoms with Crippen LogP contribution in [-0.4, -0.2) is 0 Å². The van der Waals surface area contributed by atoms with Gasteiger partial charge in [-0.15, -0.1) is 0 Å². The number of hydrogen-bond donors (Lipinski definition) is 1. The fourth-order valence-corrected chi connectivity index (χ4v) is 0.539. The molecule has 0 aromatic rings. The van der Waals surface area contributed by atoms with E-state index in [1.807, 2.05) is 6.08 Å². The fraction of sp³-hybridized carbons (Fsp3) is 0.667. The first-order chi connectivity index (χ1) is 3.91. The molecule has 0 fully saturated rings. The normalized spacial score (nSPS) is 10.2. The molecule has 0 atom stereocenters. The average molecular weight is 134 g/mol. The summed E-state index contributed by atoms with van der Waals surface area (Å²) < 4.78 is 0. The van der Waals surface area contributed by atoms with E-state index in [4.69, 9.17) is 11.8 Å². The van der Waals surface area contributed by atoms with Crippen LogP contribution < -0.4 is 4.84 Å². The minimum atomic E-state index is 1.12. The summed E-state index contributed by atoms with van der Waals surface area (Å²) in [6.07, 6.45) is 7.38. The fourth-order valence-electron chi connectivity index (χ4n) is 0.450. The molecule has 0 radical (unpaired) electrons. The molecule has 48 valence electrons. The van der Waals surface area contributed by atoms with Crippen molar-refractivity contribution in [2.24, 2.45) is 0 Å². The molecule has 1 nitrogen and oxygen atoms in total. The molecule has 0 aliphatic rings. The van der Waals surface area contributed by atoms with E-state index in [2.05, 4.69) is 11.8 Å². The van der Waals surface area contributed by atoms with Crippen LogP contribution in [0.25, 0.3) is 0 Å². The van der Waals surface area contributed by atoms with Gasteiger partial charge in [0.25, 0.3) is 0 Å². The smallest absolute Gasteiger partial charge is 0.00941 e. The van der Waals surface area contributed by atoms with Gasteiger partial charge >= 0.3 is 0 Å². The molecule has 0 heterocycles. The van der Waals surface area contributed by atoms with Crippen LogP contribution in [0.4, 0.5) is 0 Å². The Bertz CT molecular complexity index is 61.5. The molecule has 0 aliphatic carbocycles. The van der Waals surface area contributed by atoms with Crippen LogP contribution in [0.3, 0.4) is 0 Å². The van der Waals surface area contributed by atoms with Crippen LogP contribution in [0.1, 0.15) is 26.2 Å².